The fourth-order valence-corrected chi connectivity index (χ4v) is 4.85. The smallest absolute Gasteiger partial charge is 0.232 e. The van der Waals surface area contributed by atoms with Gasteiger partial charge in [-0.05, 0) is 79.4 Å². The highest BCUT2D eigenvalue weighted by Crippen LogP contribution is 2.46. The number of rotatable bonds is 8. The molecule has 0 aliphatic carbocycles. The summed E-state index contributed by atoms with van der Waals surface area (Å²) in [5.41, 5.74) is 4.40. The Kier molecular flexibility index (Phi) is 7.33. The molecule has 2 aliphatic rings. The van der Waals surface area contributed by atoms with Gasteiger partial charge in [0.25, 0.3) is 0 Å². The number of amidine groups is 1. The number of fused-ring (bicyclic) bond motifs is 1. The van der Waals surface area contributed by atoms with Gasteiger partial charge in [0.05, 0.1) is 31.4 Å². The Hall–Kier alpha value is -3.91. The third-order valence-electron chi connectivity index (χ3n) is 6.37. The highest BCUT2D eigenvalue weighted by atomic mass is 35.5. The predicted molar refractivity (Wildman–Crippen MR) is 147 cm³/mol. The first-order valence-corrected chi connectivity index (χ1v) is 12.8. The van der Waals surface area contributed by atoms with Gasteiger partial charge >= 0.3 is 0 Å². The predicted octanol–water partition coefficient (Wildman–Crippen LogP) is 6.32. The van der Waals surface area contributed by atoms with Crippen molar-refractivity contribution in [2.75, 3.05) is 25.3 Å². The van der Waals surface area contributed by atoms with E-state index in [2.05, 4.69) is 15.2 Å². The monoisotopic (exact) mass is 532 g/mol. The van der Waals surface area contributed by atoms with Crippen LogP contribution < -0.4 is 19.1 Å². The zero-order valence-electron chi connectivity index (χ0n) is 21.8. The quantitative estimate of drug-likeness (QED) is 0.339. The molecule has 0 fully saturated rings. The van der Waals surface area contributed by atoms with Crippen molar-refractivity contribution >= 4 is 29.0 Å². The molecule has 2 aliphatic heterocycles. The molecular weight excluding hydrogens is 504 g/mol. The SMILES string of the molecule is COc1cc2c(cc1OC(C)C)C(c1ccc(Cl)cc1)N(c1ccc(C)cc1OCC1=NCN=N1)C(=O)C2. The van der Waals surface area contributed by atoms with Gasteiger partial charge in [0, 0.05) is 5.02 Å². The molecule has 5 rings (SSSR count). The number of carbonyl (C=O) groups is 1. The van der Waals surface area contributed by atoms with Gasteiger partial charge < -0.3 is 14.2 Å². The van der Waals surface area contributed by atoms with Crippen LogP contribution in [-0.2, 0) is 11.2 Å². The summed E-state index contributed by atoms with van der Waals surface area (Å²) in [6.07, 6.45) is 0.149. The Balaban J connectivity index is 1.66. The minimum atomic E-state index is -0.447. The number of nitrogens with zero attached hydrogens (tertiary/aromatic N) is 4. The van der Waals surface area contributed by atoms with Crippen LogP contribution in [0.4, 0.5) is 5.69 Å². The van der Waals surface area contributed by atoms with Crippen molar-refractivity contribution in [2.45, 2.75) is 39.3 Å². The third kappa shape index (κ3) is 5.22. The van der Waals surface area contributed by atoms with E-state index >= 15 is 0 Å². The van der Waals surface area contributed by atoms with Crippen molar-refractivity contribution in [3.8, 4) is 17.2 Å². The molecule has 9 heteroatoms. The number of hydrogen-bond donors (Lipinski definition) is 0. The van der Waals surface area contributed by atoms with Crippen LogP contribution in [0.5, 0.6) is 17.2 Å². The molecule has 2 heterocycles. The molecule has 1 unspecified atom stereocenters. The van der Waals surface area contributed by atoms with Crippen molar-refractivity contribution in [3.05, 3.63) is 81.9 Å². The van der Waals surface area contributed by atoms with Crippen molar-refractivity contribution in [2.24, 2.45) is 15.2 Å². The molecule has 0 bridgehead atoms. The molecule has 0 radical (unpaired) electrons. The molecule has 0 N–H and O–H groups in total. The van der Waals surface area contributed by atoms with E-state index in [-0.39, 0.29) is 25.0 Å². The number of aryl methyl sites for hydroxylation is 1. The summed E-state index contributed by atoms with van der Waals surface area (Å²) >= 11 is 6.24. The minimum Gasteiger partial charge on any atom is -0.493 e. The molecule has 8 nitrogen and oxygen atoms in total. The first kappa shape index (κ1) is 25.7. The average molecular weight is 533 g/mol. The Morgan fingerprint density at radius 1 is 1.05 bits per heavy atom. The van der Waals surface area contributed by atoms with Gasteiger partial charge in [-0.25, -0.2) is 4.99 Å². The van der Waals surface area contributed by atoms with Crippen molar-refractivity contribution in [1.29, 1.82) is 0 Å². The van der Waals surface area contributed by atoms with Gasteiger partial charge in [-0.15, -0.1) is 5.11 Å². The summed E-state index contributed by atoms with van der Waals surface area (Å²) in [7, 11) is 1.60. The lowest BCUT2D eigenvalue weighted by atomic mass is 9.86. The van der Waals surface area contributed by atoms with E-state index < -0.39 is 6.04 Å². The van der Waals surface area contributed by atoms with Crippen LogP contribution in [0.15, 0.2) is 69.8 Å². The lowest BCUT2D eigenvalue weighted by molar-refractivity contribution is -0.118. The number of azo groups is 1. The topological polar surface area (TPSA) is 85.1 Å². The summed E-state index contributed by atoms with van der Waals surface area (Å²) in [5.74, 6) is 2.24. The number of methoxy groups -OCH3 is 1. The second-order valence-electron chi connectivity index (χ2n) is 9.48. The van der Waals surface area contributed by atoms with Crippen LogP contribution >= 0.6 is 11.6 Å². The minimum absolute atomic E-state index is 0.0509. The van der Waals surface area contributed by atoms with Crippen molar-refractivity contribution < 1.29 is 19.0 Å². The van der Waals surface area contributed by atoms with Gasteiger partial charge in [-0.3, -0.25) is 9.69 Å². The molecule has 3 aromatic rings. The molecule has 3 aromatic carbocycles. The number of amides is 1. The third-order valence-corrected chi connectivity index (χ3v) is 6.62. The number of benzene rings is 3. The number of carbonyl (C=O) groups excluding carboxylic acids is 1. The summed E-state index contributed by atoms with van der Waals surface area (Å²) in [4.78, 5) is 19.9. The fraction of sp³-hybridized carbons (Fsp3) is 0.310. The maximum absolute atomic E-state index is 13.9. The van der Waals surface area contributed by atoms with Gasteiger partial charge in [-0.1, -0.05) is 29.8 Å². The van der Waals surface area contributed by atoms with Crippen LogP contribution in [0.3, 0.4) is 0 Å². The maximum Gasteiger partial charge on any atom is 0.232 e. The van der Waals surface area contributed by atoms with E-state index in [1.165, 1.54) is 0 Å². The van der Waals surface area contributed by atoms with Crippen molar-refractivity contribution in [3.63, 3.8) is 0 Å². The second kappa shape index (κ2) is 10.8. The molecule has 0 aromatic heterocycles. The van der Waals surface area contributed by atoms with Gasteiger partial charge in [0.1, 0.15) is 12.4 Å². The Morgan fingerprint density at radius 3 is 2.53 bits per heavy atom. The van der Waals surface area contributed by atoms with Crippen LogP contribution in [-0.4, -0.2) is 38.2 Å². The van der Waals surface area contributed by atoms with Gasteiger partial charge in [0.15, 0.2) is 24.0 Å². The van der Waals surface area contributed by atoms with Gasteiger partial charge in [0.2, 0.25) is 5.91 Å². The first-order valence-electron chi connectivity index (χ1n) is 12.4. The molecule has 1 amide bonds. The van der Waals surface area contributed by atoms with E-state index in [0.29, 0.717) is 40.5 Å². The van der Waals surface area contributed by atoms with E-state index in [1.807, 2.05) is 75.4 Å². The zero-order valence-corrected chi connectivity index (χ0v) is 22.5. The lowest BCUT2D eigenvalue weighted by Crippen LogP contribution is -2.41. The van der Waals surface area contributed by atoms with E-state index in [0.717, 1.165) is 22.3 Å². The first-order chi connectivity index (χ1) is 18.3. The van der Waals surface area contributed by atoms with E-state index in [4.69, 9.17) is 25.8 Å². The molecule has 1 atom stereocenters. The molecule has 0 saturated carbocycles. The lowest BCUT2D eigenvalue weighted by Gasteiger charge is -2.39. The summed E-state index contributed by atoms with van der Waals surface area (Å²) in [6.45, 7) is 6.39. The highest BCUT2D eigenvalue weighted by molar-refractivity contribution is 6.30. The van der Waals surface area contributed by atoms with Crippen LogP contribution in [0.25, 0.3) is 0 Å². The summed E-state index contributed by atoms with van der Waals surface area (Å²) in [6, 6.07) is 16.8. The van der Waals surface area contributed by atoms with Gasteiger partial charge in [-0.2, -0.15) is 5.11 Å². The second-order valence-corrected chi connectivity index (χ2v) is 9.92. The number of ether oxygens (including phenoxy) is 3. The average Bonchev–Trinajstić information content (AvgIpc) is 3.41. The molecular formula is C29H29ClN4O4. The largest absolute Gasteiger partial charge is 0.493 e. The van der Waals surface area contributed by atoms with Crippen LogP contribution in [0.1, 0.15) is 42.1 Å². The Labute approximate surface area is 226 Å². The number of hydrogen-bond acceptors (Lipinski definition) is 7. The number of aliphatic imine (C=N–C) groups is 1. The summed E-state index contributed by atoms with van der Waals surface area (Å²) in [5, 5.41) is 8.52. The highest BCUT2D eigenvalue weighted by Gasteiger charge is 2.37. The zero-order chi connectivity index (χ0) is 26.8. The Bertz CT molecular complexity index is 1420. The molecule has 38 heavy (non-hydrogen) atoms. The Morgan fingerprint density at radius 2 is 1.84 bits per heavy atom. The van der Waals surface area contributed by atoms with Crippen molar-refractivity contribution in [1.82, 2.24) is 0 Å². The summed E-state index contributed by atoms with van der Waals surface area (Å²) < 4.78 is 17.9. The molecule has 196 valence electrons. The number of anilines is 1. The van der Waals surface area contributed by atoms with Crippen LogP contribution in [0, 0.1) is 6.92 Å². The normalized spacial score (nSPS) is 16.5. The van der Waals surface area contributed by atoms with E-state index in [1.54, 1.807) is 12.0 Å². The number of halogens is 1. The molecule has 0 saturated heterocycles. The molecule has 0 spiro atoms. The fourth-order valence-electron chi connectivity index (χ4n) is 4.72. The van der Waals surface area contributed by atoms with Crippen LogP contribution in [0.2, 0.25) is 5.02 Å². The van der Waals surface area contributed by atoms with E-state index in [9.17, 15) is 4.79 Å². The standard InChI is InChI=1S/C29H29ClN4O4/c1-17(2)38-26-14-22-20(12-25(26)36-4)13-28(35)34(29(22)19-6-8-21(30)9-7-19)23-10-5-18(3)11-24(23)37-15-27-31-16-32-33-27/h5-12,14,17,29H,13,15-16H2,1-4H3. The maximum atomic E-state index is 13.9.